The van der Waals surface area contributed by atoms with Crippen LogP contribution in [0, 0.1) is 0 Å². The summed E-state index contributed by atoms with van der Waals surface area (Å²) in [7, 11) is 0. The van der Waals surface area contributed by atoms with Gasteiger partial charge in [0.15, 0.2) is 0 Å². The lowest BCUT2D eigenvalue weighted by Crippen LogP contribution is -1.93. The van der Waals surface area contributed by atoms with E-state index in [1.165, 1.54) is 11.1 Å². The minimum absolute atomic E-state index is 0.990. The highest BCUT2D eigenvalue weighted by molar-refractivity contribution is 6.18. The summed E-state index contributed by atoms with van der Waals surface area (Å²) in [5.41, 5.74) is 6.59. The molecule has 26 heavy (non-hydrogen) atoms. The van der Waals surface area contributed by atoms with Crippen LogP contribution in [0.25, 0.3) is 44.1 Å². The molecule has 0 saturated heterocycles. The Hall–Kier alpha value is -3.52. The van der Waals surface area contributed by atoms with Crippen LogP contribution in [0.5, 0.6) is 0 Å². The highest BCUT2D eigenvalue weighted by Gasteiger charge is 2.17. The summed E-state index contributed by atoms with van der Waals surface area (Å²) in [5.74, 6) is 0. The van der Waals surface area contributed by atoms with Crippen LogP contribution < -0.4 is 0 Å². The molecule has 0 saturated carbocycles. The van der Waals surface area contributed by atoms with Crippen LogP contribution in [0.1, 0.15) is 0 Å². The molecule has 0 aliphatic carbocycles. The first kappa shape index (κ1) is 14.8. The maximum atomic E-state index is 4.75. The van der Waals surface area contributed by atoms with Gasteiger partial charge in [-0.25, -0.2) is 0 Å². The molecule has 0 bridgehead atoms. The molecule has 122 valence electrons. The second kappa shape index (κ2) is 6.08. The lowest BCUT2D eigenvalue weighted by atomic mass is 9.90. The van der Waals surface area contributed by atoms with Gasteiger partial charge in [0, 0.05) is 34.3 Å². The Morgan fingerprint density at radius 3 is 1.38 bits per heavy atom. The van der Waals surface area contributed by atoms with Crippen molar-refractivity contribution in [2.24, 2.45) is 0 Å². The van der Waals surface area contributed by atoms with Gasteiger partial charge in [0.25, 0.3) is 0 Å². The molecule has 0 N–H and O–H groups in total. The maximum absolute atomic E-state index is 4.75. The second-order valence-corrected chi connectivity index (χ2v) is 6.28. The number of hydrogen-bond donors (Lipinski definition) is 0. The van der Waals surface area contributed by atoms with E-state index in [2.05, 4.69) is 60.7 Å². The summed E-state index contributed by atoms with van der Waals surface area (Å²) in [6.45, 7) is 0. The Bertz CT molecular complexity index is 1060. The summed E-state index contributed by atoms with van der Waals surface area (Å²) < 4.78 is 0. The molecule has 0 fully saturated rings. The SMILES string of the molecule is c1ccc(-c2c3cccnc3c(-c3ccccc3)c3ncccc23)cc1. The Balaban J connectivity index is 2.02. The fourth-order valence-corrected chi connectivity index (χ4v) is 3.66. The van der Waals surface area contributed by atoms with Crippen molar-refractivity contribution < 1.29 is 0 Å². The lowest BCUT2D eigenvalue weighted by Gasteiger charge is -2.15. The van der Waals surface area contributed by atoms with Gasteiger partial charge < -0.3 is 0 Å². The quantitative estimate of drug-likeness (QED) is 0.364. The molecule has 0 radical (unpaired) electrons. The molecule has 3 aromatic carbocycles. The molecule has 2 heteroatoms. The van der Waals surface area contributed by atoms with Crippen molar-refractivity contribution in [1.82, 2.24) is 9.97 Å². The van der Waals surface area contributed by atoms with Crippen LogP contribution in [-0.2, 0) is 0 Å². The minimum Gasteiger partial charge on any atom is -0.256 e. The van der Waals surface area contributed by atoms with Gasteiger partial charge in [-0.1, -0.05) is 72.8 Å². The number of pyridine rings is 2. The fraction of sp³-hybridized carbons (Fsp3) is 0. The van der Waals surface area contributed by atoms with Crippen LogP contribution >= 0.6 is 0 Å². The molecule has 0 aliphatic heterocycles. The average molecular weight is 332 g/mol. The van der Waals surface area contributed by atoms with Gasteiger partial charge >= 0.3 is 0 Å². The maximum Gasteiger partial charge on any atom is 0.0808 e. The number of rotatable bonds is 2. The third-order valence-electron chi connectivity index (χ3n) is 4.75. The third kappa shape index (κ3) is 2.27. The van der Waals surface area contributed by atoms with Crippen LogP contribution in [0.4, 0.5) is 0 Å². The fourth-order valence-electron chi connectivity index (χ4n) is 3.66. The average Bonchev–Trinajstić information content (AvgIpc) is 2.73. The van der Waals surface area contributed by atoms with Crippen molar-refractivity contribution in [1.29, 1.82) is 0 Å². The Morgan fingerprint density at radius 2 is 0.885 bits per heavy atom. The molecule has 0 spiro atoms. The van der Waals surface area contributed by atoms with E-state index in [-0.39, 0.29) is 0 Å². The molecule has 0 unspecified atom stereocenters. The molecule has 0 aliphatic rings. The standard InChI is InChI=1S/C24H16N2/c1-3-9-17(10-4-1)21-19-13-7-15-25-23(19)22(18-11-5-2-6-12-18)24-20(21)14-8-16-26-24/h1-16H. The summed E-state index contributed by atoms with van der Waals surface area (Å²) >= 11 is 0. The first-order chi connectivity index (χ1) is 12.9. The third-order valence-corrected chi connectivity index (χ3v) is 4.75. The van der Waals surface area contributed by atoms with E-state index >= 15 is 0 Å². The zero-order valence-electron chi connectivity index (χ0n) is 14.1. The topological polar surface area (TPSA) is 25.8 Å². The van der Waals surface area contributed by atoms with Crippen molar-refractivity contribution in [2.75, 3.05) is 0 Å². The first-order valence-electron chi connectivity index (χ1n) is 8.70. The number of hydrogen-bond acceptors (Lipinski definition) is 2. The van der Waals surface area contributed by atoms with Crippen molar-refractivity contribution >= 4 is 21.8 Å². The highest BCUT2D eigenvalue weighted by atomic mass is 14.7. The van der Waals surface area contributed by atoms with E-state index in [4.69, 9.17) is 9.97 Å². The molecule has 0 amide bonds. The predicted molar refractivity (Wildman–Crippen MR) is 108 cm³/mol. The van der Waals surface area contributed by atoms with Gasteiger partial charge in [0.05, 0.1) is 11.0 Å². The summed E-state index contributed by atoms with van der Waals surface area (Å²) in [6.07, 6.45) is 3.72. The van der Waals surface area contributed by atoms with E-state index in [1.54, 1.807) is 0 Å². The first-order valence-corrected chi connectivity index (χ1v) is 8.70. The minimum atomic E-state index is 0.990. The Kier molecular flexibility index (Phi) is 3.46. The lowest BCUT2D eigenvalue weighted by molar-refractivity contribution is 1.38. The van der Waals surface area contributed by atoms with E-state index in [1.807, 2.05) is 36.7 Å². The van der Waals surface area contributed by atoms with Gasteiger partial charge in [0.2, 0.25) is 0 Å². The molecule has 5 aromatic rings. The van der Waals surface area contributed by atoms with Gasteiger partial charge in [-0.05, 0) is 23.3 Å². The second-order valence-electron chi connectivity index (χ2n) is 6.28. The van der Waals surface area contributed by atoms with Crippen LogP contribution in [0.2, 0.25) is 0 Å². The molecule has 2 heterocycles. The number of benzene rings is 3. The molecule has 2 aromatic heterocycles. The van der Waals surface area contributed by atoms with E-state index in [9.17, 15) is 0 Å². The van der Waals surface area contributed by atoms with Gasteiger partial charge in [0.1, 0.15) is 0 Å². The Morgan fingerprint density at radius 1 is 0.423 bits per heavy atom. The predicted octanol–water partition coefficient (Wildman–Crippen LogP) is 6.12. The number of nitrogens with zero attached hydrogens (tertiary/aromatic N) is 2. The normalized spacial score (nSPS) is 11.1. The van der Waals surface area contributed by atoms with Crippen molar-refractivity contribution in [2.45, 2.75) is 0 Å². The number of aromatic nitrogens is 2. The molecule has 0 atom stereocenters. The monoisotopic (exact) mass is 332 g/mol. The van der Waals surface area contributed by atoms with Crippen molar-refractivity contribution in [3.8, 4) is 22.3 Å². The van der Waals surface area contributed by atoms with E-state index < -0.39 is 0 Å². The van der Waals surface area contributed by atoms with Gasteiger partial charge in [-0.2, -0.15) is 0 Å². The zero-order valence-corrected chi connectivity index (χ0v) is 14.1. The molecule has 5 rings (SSSR count). The molecular formula is C24H16N2. The summed E-state index contributed by atoms with van der Waals surface area (Å²) in [6, 6.07) is 29.2. The van der Waals surface area contributed by atoms with Crippen LogP contribution in [0.3, 0.4) is 0 Å². The van der Waals surface area contributed by atoms with Gasteiger partial charge in [-0.15, -0.1) is 0 Å². The molecular weight excluding hydrogens is 316 g/mol. The van der Waals surface area contributed by atoms with Crippen molar-refractivity contribution in [3.63, 3.8) is 0 Å². The van der Waals surface area contributed by atoms with E-state index in [0.29, 0.717) is 0 Å². The summed E-state index contributed by atoms with van der Waals surface area (Å²) in [5, 5.41) is 2.30. The van der Waals surface area contributed by atoms with Crippen molar-refractivity contribution in [3.05, 3.63) is 97.3 Å². The van der Waals surface area contributed by atoms with E-state index in [0.717, 1.165) is 32.9 Å². The number of fused-ring (bicyclic) bond motifs is 2. The molecule has 2 nitrogen and oxygen atoms in total. The largest absolute Gasteiger partial charge is 0.256 e. The van der Waals surface area contributed by atoms with Crippen LogP contribution in [0.15, 0.2) is 97.3 Å². The van der Waals surface area contributed by atoms with Crippen LogP contribution in [-0.4, -0.2) is 9.97 Å². The Labute approximate surface area is 151 Å². The van der Waals surface area contributed by atoms with Gasteiger partial charge in [-0.3, -0.25) is 9.97 Å². The smallest absolute Gasteiger partial charge is 0.0808 e. The zero-order chi connectivity index (χ0) is 17.3. The highest BCUT2D eigenvalue weighted by Crippen LogP contribution is 2.41. The summed E-state index contributed by atoms with van der Waals surface area (Å²) in [4.78, 5) is 9.51.